The zero-order valence-electron chi connectivity index (χ0n) is 11.0. The Labute approximate surface area is 121 Å². The van der Waals surface area contributed by atoms with Crippen molar-refractivity contribution >= 4 is 33.3 Å². The zero-order chi connectivity index (χ0) is 13.2. The predicted molar refractivity (Wildman–Crippen MR) is 86.2 cm³/mol. The molecule has 0 saturated heterocycles. The minimum atomic E-state index is 1.08. The van der Waals surface area contributed by atoms with Crippen molar-refractivity contribution in [3.05, 3.63) is 48.0 Å². The quantitative estimate of drug-likeness (QED) is 0.599. The van der Waals surface area contributed by atoms with Crippen LogP contribution in [-0.4, -0.2) is 10.7 Å². The van der Waals surface area contributed by atoms with Crippen LogP contribution in [0.15, 0.2) is 47.4 Å². The molecule has 0 atom stereocenters. The van der Waals surface area contributed by atoms with Crippen molar-refractivity contribution in [1.29, 1.82) is 0 Å². The van der Waals surface area contributed by atoms with Crippen LogP contribution in [0, 0.1) is 6.92 Å². The van der Waals surface area contributed by atoms with E-state index in [1.807, 2.05) is 11.8 Å². The highest BCUT2D eigenvalue weighted by Crippen LogP contribution is 2.36. The fraction of sp³-hybridized carbons (Fsp3) is 0.188. The van der Waals surface area contributed by atoms with Crippen LogP contribution in [-0.2, 0) is 0 Å². The number of nitrogens with zero attached hydrogens (tertiary/aromatic N) is 1. The monoisotopic (exact) mass is 285 g/mol. The number of thiazole rings is 1. The summed E-state index contributed by atoms with van der Waals surface area (Å²) in [5.74, 6) is 1.08. The van der Waals surface area contributed by atoms with Crippen LogP contribution >= 0.6 is 23.1 Å². The van der Waals surface area contributed by atoms with Crippen LogP contribution in [0.25, 0.3) is 20.8 Å². The normalized spacial score (nSPS) is 11.1. The summed E-state index contributed by atoms with van der Waals surface area (Å²) in [5, 5.41) is 1.12. The molecule has 0 aliphatic heterocycles. The summed E-state index contributed by atoms with van der Waals surface area (Å²) in [5.41, 5.74) is 3.63. The molecule has 1 heterocycles. The molecule has 0 aliphatic rings. The SMILES string of the molecule is CCSc1ccccc1-c1nc2cc(C)ccc2s1. The van der Waals surface area contributed by atoms with Crippen molar-refractivity contribution in [2.75, 3.05) is 5.75 Å². The summed E-state index contributed by atoms with van der Waals surface area (Å²) in [7, 11) is 0. The average molecular weight is 285 g/mol. The highest BCUT2D eigenvalue weighted by atomic mass is 32.2. The summed E-state index contributed by atoms with van der Waals surface area (Å²) < 4.78 is 1.26. The molecule has 0 aliphatic carbocycles. The van der Waals surface area contributed by atoms with Gasteiger partial charge in [-0.2, -0.15) is 0 Å². The summed E-state index contributed by atoms with van der Waals surface area (Å²) in [6.45, 7) is 4.29. The molecular formula is C16H15NS2. The van der Waals surface area contributed by atoms with Crippen LogP contribution in [0.2, 0.25) is 0 Å². The Morgan fingerprint density at radius 2 is 2.00 bits per heavy atom. The first-order valence-corrected chi connectivity index (χ1v) is 8.17. The number of aromatic nitrogens is 1. The largest absolute Gasteiger partial charge is 0.236 e. The number of rotatable bonds is 3. The Balaban J connectivity index is 2.13. The minimum Gasteiger partial charge on any atom is -0.236 e. The van der Waals surface area contributed by atoms with E-state index < -0.39 is 0 Å². The van der Waals surface area contributed by atoms with Gasteiger partial charge in [0.05, 0.1) is 10.2 Å². The molecule has 1 aromatic heterocycles. The third kappa shape index (κ3) is 2.53. The molecule has 0 bridgehead atoms. The Kier molecular flexibility index (Phi) is 3.58. The highest BCUT2D eigenvalue weighted by Gasteiger charge is 2.10. The van der Waals surface area contributed by atoms with Crippen molar-refractivity contribution in [2.24, 2.45) is 0 Å². The van der Waals surface area contributed by atoms with Gasteiger partial charge < -0.3 is 0 Å². The molecule has 0 N–H and O–H groups in total. The molecule has 0 spiro atoms. The van der Waals surface area contributed by atoms with Crippen LogP contribution in [0.5, 0.6) is 0 Å². The smallest absolute Gasteiger partial charge is 0.125 e. The first-order valence-electron chi connectivity index (χ1n) is 6.37. The topological polar surface area (TPSA) is 12.9 Å². The van der Waals surface area contributed by atoms with E-state index in [-0.39, 0.29) is 0 Å². The lowest BCUT2D eigenvalue weighted by Gasteiger charge is -2.04. The molecule has 0 unspecified atom stereocenters. The van der Waals surface area contributed by atoms with Gasteiger partial charge in [-0.1, -0.05) is 31.2 Å². The molecule has 3 heteroatoms. The van der Waals surface area contributed by atoms with Crippen molar-refractivity contribution in [1.82, 2.24) is 4.98 Å². The van der Waals surface area contributed by atoms with Crippen molar-refractivity contribution in [3.63, 3.8) is 0 Å². The van der Waals surface area contributed by atoms with E-state index >= 15 is 0 Å². The van der Waals surface area contributed by atoms with Gasteiger partial charge in [-0.3, -0.25) is 0 Å². The lowest BCUT2D eigenvalue weighted by Crippen LogP contribution is -1.81. The second-order valence-electron chi connectivity index (χ2n) is 4.42. The van der Waals surface area contributed by atoms with Gasteiger partial charge in [0.2, 0.25) is 0 Å². The Hall–Kier alpha value is -1.32. The summed E-state index contributed by atoms with van der Waals surface area (Å²) in [6, 6.07) is 15.0. The number of aryl methyl sites for hydroxylation is 1. The van der Waals surface area contributed by atoms with Crippen LogP contribution < -0.4 is 0 Å². The minimum absolute atomic E-state index is 1.08. The van der Waals surface area contributed by atoms with Gasteiger partial charge in [-0.25, -0.2) is 4.98 Å². The maximum Gasteiger partial charge on any atom is 0.125 e. The van der Waals surface area contributed by atoms with E-state index in [0.717, 1.165) is 16.3 Å². The third-order valence-electron chi connectivity index (χ3n) is 2.96. The van der Waals surface area contributed by atoms with Crippen molar-refractivity contribution in [2.45, 2.75) is 18.7 Å². The molecule has 2 aromatic carbocycles. The number of fused-ring (bicyclic) bond motifs is 1. The molecule has 0 radical (unpaired) electrons. The van der Waals surface area contributed by atoms with Crippen LogP contribution in [0.4, 0.5) is 0 Å². The van der Waals surface area contributed by atoms with Gasteiger partial charge >= 0.3 is 0 Å². The van der Waals surface area contributed by atoms with Gasteiger partial charge in [-0.15, -0.1) is 23.1 Å². The summed E-state index contributed by atoms with van der Waals surface area (Å²) in [6.07, 6.45) is 0. The molecule has 96 valence electrons. The third-order valence-corrected chi connectivity index (χ3v) is 4.99. The molecule has 3 aromatic rings. The molecule has 0 saturated carbocycles. The Morgan fingerprint density at radius 1 is 1.16 bits per heavy atom. The standard InChI is InChI=1S/C16H15NS2/c1-3-18-14-7-5-4-6-12(14)16-17-13-10-11(2)8-9-15(13)19-16/h4-10H,3H2,1-2H3. The Bertz CT molecular complexity index is 716. The van der Waals surface area contributed by atoms with Crippen LogP contribution in [0.3, 0.4) is 0 Å². The first kappa shape index (κ1) is 12.7. The first-order chi connectivity index (χ1) is 9.28. The number of thioether (sulfide) groups is 1. The van der Waals surface area contributed by atoms with Crippen molar-refractivity contribution in [3.8, 4) is 10.6 Å². The lowest BCUT2D eigenvalue weighted by molar-refractivity contribution is 1.38. The molecular weight excluding hydrogens is 270 g/mol. The Morgan fingerprint density at radius 3 is 2.84 bits per heavy atom. The molecule has 0 fully saturated rings. The highest BCUT2D eigenvalue weighted by molar-refractivity contribution is 7.99. The zero-order valence-corrected chi connectivity index (χ0v) is 12.6. The van der Waals surface area contributed by atoms with Gasteiger partial charge in [0.25, 0.3) is 0 Å². The summed E-state index contributed by atoms with van der Waals surface area (Å²) >= 11 is 3.65. The molecule has 1 nitrogen and oxygen atoms in total. The molecule has 0 amide bonds. The second-order valence-corrected chi connectivity index (χ2v) is 6.76. The fourth-order valence-electron chi connectivity index (χ4n) is 2.08. The number of hydrogen-bond donors (Lipinski definition) is 0. The maximum absolute atomic E-state index is 4.79. The summed E-state index contributed by atoms with van der Waals surface area (Å²) in [4.78, 5) is 6.11. The van der Waals surface area contributed by atoms with Crippen LogP contribution in [0.1, 0.15) is 12.5 Å². The van der Waals surface area contributed by atoms with E-state index in [9.17, 15) is 0 Å². The van der Waals surface area contributed by atoms with E-state index in [1.165, 1.54) is 20.7 Å². The lowest BCUT2D eigenvalue weighted by atomic mass is 10.2. The predicted octanol–water partition coefficient (Wildman–Crippen LogP) is 5.38. The average Bonchev–Trinajstić information content (AvgIpc) is 2.82. The molecule has 3 rings (SSSR count). The van der Waals surface area contributed by atoms with Gasteiger partial charge in [-0.05, 0) is 36.4 Å². The van der Waals surface area contributed by atoms with E-state index in [0.29, 0.717) is 0 Å². The van der Waals surface area contributed by atoms with Gasteiger partial charge in [0.1, 0.15) is 5.01 Å². The molecule has 19 heavy (non-hydrogen) atoms. The number of hydrogen-bond acceptors (Lipinski definition) is 3. The second kappa shape index (κ2) is 5.35. The van der Waals surface area contributed by atoms with E-state index in [1.54, 1.807) is 11.3 Å². The van der Waals surface area contributed by atoms with E-state index in [4.69, 9.17) is 4.98 Å². The fourth-order valence-corrected chi connectivity index (χ4v) is 3.93. The number of benzene rings is 2. The van der Waals surface area contributed by atoms with Crippen molar-refractivity contribution < 1.29 is 0 Å². The van der Waals surface area contributed by atoms with Gasteiger partial charge in [0, 0.05) is 10.5 Å². The van der Waals surface area contributed by atoms with Gasteiger partial charge in [0.15, 0.2) is 0 Å². The maximum atomic E-state index is 4.79. The van der Waals surface area contributed by atoms with E-state index in [2.05, 4.69) is 56.3 Å².